The lowest BCUT2D eigenvalue weighted by Crippen LogP contribution is -2.27. The second-order valence-corrected chi connectivity index (χ2v) is 4.07. The molecule has 0 bridgehead atoms. The first-order valence-electron chi connectivity index (χ1n) is 6.08. The molecule has 0 N–H and O–H groups in total. The van der Waals surface area contributed by atoms with Crippen LogP contribution in [-0.4, -0.2) is 18.0 Å². The van der Waals surface area contributed by atoms with E-state index in [2.05, 4.69) is 56.0 Å². The largest absolute Gasteiger partial charge is 0.297 e. The Balaban J connectivity index is 2.60. The predicted octanol–water partition coefficient (Wildman–Crippen LogP) is 3.87. The van der Waals surface area contributed by atoms with Crippen LogP contribution in [-0.2, 0) is 0 Å². The Morgan fingerprint density at radius 3 is 2.33 bits per heavy atom. The Kier molecular flexibility index (Phi) is 5.41. The molecule has 0 aliphatic heterocycles. The van der Waals surface area contributed by atoms with Gasteiger partial charge in [-0.1, -0.05) is 50.6 Å². The van der Waals surface area contributed by atoms with Gasteiger partial charge in [-0.2, -0.15) is 0 Å². The maximum atomic E-state index is 2.54. The number of hydrogen-bond donors (Lipinski definition) is 0. The number of unbranched alkanes of at least 4 members (excludes halogenated alkanes) is 1. The molecule has 1 aromatic carbocycles. The van der Waals surface area contributed by atoms with Crippen LogP contribution in [0.3, 0.4) is 0 Å². The summed E-state index contributed by atoms with van der Waals surface area (Å²) in [6.07, 6.45) is 2.57. The van der Waals surface area contributed by atoms with E-state index in [-0.39, 0.29) is 0 Å². The molecular formula is C14H23N. The molecule has 0 aromatic heterocycles. The molecule has 84 valence electrons. The smallest absolute Gasteiger partial charge is 0.0319 e. The number of rotatable bonds is 6. The van der Waals surface area contributed by atoms with Gasteiger partial charge in [-0.25, -0.2) is 0 Å². The van der Waals surface area contributed by atoms with Gasteiger partial charge in [-0.3, -0.25) is 4.90 Å². The molecule has 0 spiro atoms. The van der Waals surface area contributed by atoms with Crippen molar-refractivity contribution in [2.75, 3.05) is 13.1 Å². The highest BCUT2D eigenvalue weighted by Gasteiger charge is 2.12. The van der Waals surface area contributed by atoms with Gasteiger partial charge in [0, 0.05) is 6.04 Å². The molecule has 0 amide bonds. The molecule has 0 aliphatic carbocycles. The van der Waals surface area contributed by atoms with Gasteiger partial charge < -0.3 is 0 Å². The molecule has 0 saturated heterocycles. The van der Waals surface area contributed by atoms with Crippen LogP contribution in [0, 0.1) is 0 Å². The Morgan fingerprint density at radius 2 is 1.80 bits per heavy atom. The summed E-state index contributed by atoms with van der Waals surface area (Å²) < 4.78 is 0. The second kappa shape index (κ2) is 6.62. The summed E-state index contributed by atoms with van der Waals surface area (Å²) >= 11 is 0. The van der Waals surface area contributed by atoms with E-state index < -0.39 is 0 Å². The Labute approximate surface area is 94.1 Å². The third kappa shape index (κ3) is 3.67. The lowest BCUT2D eigenvalue weighted by Gasteiger charge is -2.28. The molecule has 0 fully saturated rings. The van der Waals surface area contributed by atoms with Crippen LogP contribution in [0.25, 0.3) is 0 Å². The van der Waals surface area contributed by atoms with E-state index in [9.17, 15) is 0 Å². The summed E-state index contributed by atoms with van der Waals surface area (Å²) in [6.45, 7) is 9.14. The van der Waals surface area contributed by atoms with E-state index in [1.54, 1.807) is 0 Å². The standard InChI is InChI=1S/C14H23N/c1-4-6-12-15(5-2)13(3)14-10-8-7-9-11-14/h7-11,13H,4-6,12H2,1-3H3. The van der Waals surface area contributed by atoms with Crippen molar-refractivity contribution in [2.45, 2.75) is 39.7 Å². The normalized spacial score (nSPS) is 13.1. The average Bonchev–Trinajstić information content (AvgIpc) is 2.31. The molecule has 0 radical (unpaired) electrons. The van der Waals surface area contributed by atoms with Gasteiger partial charge in [-0.15, -0.1) is 0 Å². The van der Waals surface area contributed by atoms with E-state index in [1.807, 2.05) is 0 Å². The number of nitrogens with zero attached hydrogens (tertiary/aromatic N) is 1. The van der Waals surface area contributed by atoms with Crippen molar-refractivity contribution in [1.29, 1.82) is 0 Å². The first-order valence-corrected chi connectivity index (χ1v) is 6.08. The van der Waals surface area contributed by atoms with Gasteiger partial charge in [0.05, 0.1) is 0 Å². The molecular weight excluding hydrogens is 182 g/mol. The van der Waals surface area contributed by atoms with Gasteiger partial charge in [0.2, 0.25) is 0 Å². The van der Waals surface area contributed by atoms with Gasteiger partial charge in [0.15, 0.2) is 0 Å². The van der Waals surface area contributed by atoms with Crippen LogP contribution in [0.4, 0.5) is 0 Å². The minimum absolute atomic E-state index is 0.544. The second-order valence-electron chi connectivity index (χ2n) is 4.07. The molecule has 0 heterocycles. The SMILES string of the molecule is CCCCN(CC)C(C)c1ccccc1. The van der Waals surface area contributed by atoms with Crippen molar-refractivity contribution in [2.24, 2.45) is 0 Å². The molecule has 15 heavy (non-hydrogen) atoms. The van der Waals surface area contributed by atoms with E-state index in [0.29, 0.717) is 6.04 Å². The van der Waals surface area contributed by atoms with Crippen molar-refractivity contribution in [1.82, 2.24) is 4.90 Å². The fourth-order valence-corrected chi connectivity index (χ4v) is 1.93. The van der Waals surface area contributed by atoms with E-state index in [0.717, 1.165) is 6.54 Å². The maximum absolute atomic E-state index is 2.54. The zero-order valence-corrected chi connectivity index (χ0v) is 10.2. The molecule has 0 saturated carbocycles. The highest BCUT2D eigenvalue weighted by atomic mass is 15.1. The lowest BCUT2D eigenvalue weighted by molar-refractivity contribution is 0.218. The molecule has 0 aliphatic rings. The molecule has 1 atom stereocenters. The first kappa shape index (κ1) is 12.3. The van der Waals surface area contributed by atoms with Crippen molar-refractivity contribution in [3.63, 3.8) is 0 Å². The third-order valence-corrected chi connectivity index (χ3v) is 3.03. The summed E-state index contributed by atoms with van der Waals surface area (Å²) in [6, 6.07) is 11.3. The van der Waals surface area contributed by atoms with Crippen molar-refractivity contribution < 1.29 is 0 Å². The number of benzene rings is 1. The minimum Gasteiger partial charge on any atom is -0.297 e. The lowest BCUT2D eigenvalue weighted by atomic mass is 10.1. The maximum Gasteiger partial charge on any atom is 0.0319 e. The van der Waals surface area contributed by atoms with Crippen LogP contribution in [0.5, 0.6) is 0 Å². The molecule has 1 unspecified atom stereocenters. The van der Waals surface area contributed by atoms with Crippen LogP contribution < -0.4 is 0 Å². The van der Waals surface area contributed by atoms with Crippen LogP contribution in [0.2, 0.25) is 0 Å². The predicted molar refractivity (Wildman–Crippen MR) is 67.0 cm³/mol. The highest BCUT2D eigenvalue weighted by molar-refractivity contribution is 5.18. The van der Waals surface area contributed by atoms with E-state index in [1.165, 1.54) is 24.9 Å². The summed E-state index contributed by atoms with van der Waals surface area (Å²) in [5.74, 6) is 0. The molecule has 1 heteroatoms. The van der Waals surface area contributed by atoms with Crippen LogP contribution in [0.15, 0.2) is 30.3 Å². The monoisotopic (exact) mass is 205 g/mol. The van der Waals surface area contributed by atoms with E-state index in [4.69, 9.17) is 0 Å². The zero-order valence-electron chi connectivity index (χ0n) is 10.2. The third-order valence-electron chi connectivity index (χ3n) is 3.03. The number of hydrogen-bond acceptors (Lipinski definition) is 1. The van der Waals surface area contributed by atoms with E-state index >= 15 is 0 Å². The topological polar surface area (TPSA) is 3.24 Å². The Bertz CT molecular complexity index is 255. The summed E-state index contributed by atoms with van der Waals surface area (Å²) in [7, 11) is 0. The highest BCUT2D eigenvalue weighted by Crippen LogP contribution is 2.19. The fourth-order valence-electron chi connectivity index (χ4n) is 1.93. The van der Waals surface area contributed by atoms with Crippen molar-refractivity contribution in [3.05, 3.63) is 35.9 Å². The van der Waals surface area contributed by atoms with Crippen LogP contribution >= 0.6 is 0 Å². The van der Waals surface area contributed by atoms with Gasteiger partial charge >= 0.3 is 0 Å². The first-order chi connectivity index (χ1) is 7.29. The minimum atomic E-state index is 0.544. The van der Waals surface area contributed by atoms with Gasteiger partial charge in [0.1, 0.15) is 0 Å². The quantitative estimate of drug-likeness (QED) is 0.681. The van der Waals surface area contributed by atoms with Gasteiger partial charge in [0.25, 0.3) is 0 Å². The molecule has 1 aromatic rings. The zero-order chi connectivity index (χ0) is 11.1. The fraction of sp³-hybridized carbons (Fsp3) is 0.571. The van der Waals surface area contributed by atoms with Crippen molar-refractivity contribution in [3.8, 4) is 0 Å². The van der Waals surface area contributed by atoms with Crippen LogP contribution in [0.1, 0.15) is 45.2 Å². The Morgan fingerprint density at radius 1 is 1.13 bits per heavy atom. The average molecular weight is 205 g/mol. The van der Waals surface area contributed by atoms with Gasteiger partial charge in [-0.05, 0) is 32.0 Å². The Hall–Kier alpha value is -0.820. The molecule has 1 rings (SSSR count). The summed E-state index contributed by atoms with van der Waals surface area (Å²) in [5.41, 5.74) is 1.43. The van der Waals surface area contributed by atoms with Crippen molar-refractivity contribution >= 4 is 0 Å². The summed E-state index contributed by atoms with van der Waals surface area (Å²) in [5, 5.41) is 0. The summed E-state index contributed by atoms with van der Waals surface area (Å²) in [4.78, 5) is 2.54. The molecule has 1 nitrogen and oxygen atoms in total.